The normalized spacial score (nSPS) is 8.78. The lowest BCUT2D eigenvalue weighted by atomic mass is 10.1. The van der Waals surface area contributed by atoms with Crippen LogP contribution in [0.2, 0.25) is 0 Å². The molecule has 52 valence electrons. The van der Waals surface area contributed by atoms with Crippen molar-refractivity contribution in [1.29, 1.82) is 0 Å². The van der Waals surface area contributed by atoms with Gasteiger partial charge in [-0.2, -0.15) is 0 Å². The second kappa shape index (κ2) is 4.33. The third kappa shape index (κ3) is 3.09. The van der Waals surface area contributed by atoms with Crippen LogP contribution in [0.3, 0.4) is 0 Å². The zero-order valence-electron chi connectivity index (χ0n) is 6.28. The van der Waals surface area contributed by atoms with Crippen molar-refractivity contribution in [2.75, 3.05) is 6.54 Å². The van der Waals surface area contributed by atoms with Crippen molar-refractivity contribution in [2.24, 2.45) is 5.73 Å². The standard InChI is InChI=1S/C8H15N/c1-4-8(5-6-9)7(2)3/h4H,1,5-6,9H2,2-3H3. The van der Waals surface area contributed by atoms with E-state index in [1.165, 1.54) is 11.1 Å². The van der Waals surface area contributed by atoms with Gasteiger partial charge in [-0.1, -0.05) is 18.2 Å². The molecule has 0 unspecified atom stereocenters. The van der Waals surface area contributed by atoms with Crippen molar-refractivity contribution in [1.82, 2.24) is 0 Å². The van der Waals surface area contributed by atoms with Crippen LogP contribution in [0.4, 0.5) is 0 Å². The van der Waals surface area contributed by atoms with Gasteiger partial charge in [0.1, 0.15) is 0 Å². The molecule has 0 atom stereocenters. The molecule has 0 aromatic rings. The minimum absolute atomic E-state index is 0.715. The second-order valence-electron chi connectivity index (χ2n) is 2.27. The van der Waals surface area contributed by atoms with E-state index in [0.29, 0.717) is 6.54 Å². The molecule has 1 nitrogen and oxygen atoms in total. The van der Waals surface area contributed by atoms with E-state index in [1.54, 1.807) is 0 Å². The van der Waals surface area contributed by atoms with Gasteiger partial charge in [-0.15, -0.1) is 0 Å². The van der Waals surface area contributed by atoms with Crippen LogP contribution in [0.1, 0.15) is 20.3 Å². The van der Waals surface area contributed by atoms with Crippen LogP contribution < -0.4 is 5.73 Å². The van der Waals surface area contributed by atoms with E-state index < -0.39 is 0 Å². The highest BCUT2D eigenvalue weighted by molar-refractivity contribution is 5.21. The van der Waals surface area contributed by atoms with E-state index in [-0.39, 0.29) is 0 Å². The first-order chi connectivity index (χ1) is 4.22. The third-order valence-electron chi connectivity index (χ3n) is 1.30. The minimum atomic E-state index is 0.715. The Morgan fingerprint density at radius 1 is 1.56 bits per heavy atom. The first-order valence-corrected chi connectivity index (χ1v) is 3.21. The molecule has 0 radical (unpaired) electrons. The Labute approximate surface area is 57.3 Å². The number of rotatable bonds is 3. The van der Waals surface area contributed by atoms with Crippen molar-refractivity contribution >= 4 is 0 Å². The molecule has 0 aromatic heterocycles. The van der Waals surface area contributed by atoms with Crippen LogP contribution in [0.15, 0.2) is 23.8 Å². The molecule has 0 heterocycles. The summed E-state index contributed by atoms with van der Waals surface area (Å²) in [5.41, 5.74) is 7.95. The number of hydrogen-bond acceptors (Lipinski definition) is 1. The van der Waals surface area contributed by atoms with Gasteiger partial charge in [0.2, 0.25) is 0 Å². The van der Waals surface area contributed by atoms with Gasteiger partial charge in [0.05, 0.1) is 0 Å². The van der Waals surface area contributed by atoms with E-state index in [4.69, 9.17) is 5.73 Å². The van der Waals surface area contributed by atoms with E-state index in [2.05, 4.69) is 20.4 Å². The summed E-state index contributed by atoms with van der Waals surface area (Å²) in [4.78, 5) is 0. The fraction of sp³-hybridized carbons (Fsp3) is 0.500. The summed E-state index contributed by atoms with van der Waals surface area (Å²) < 4.78 is 0. The maximum atomic E-state index is 5.36. The topological polar surface area (TPSA) is 26.0 Å². The largest absolute Gasteiger partial charge is 0.330 e. The maximum absolute atomic E-state index is 5.36. The predicted molar refractivity (Wildman–Crippen MR) is 42.2 cm³/mol. The van der Waals surface area contributed by atoms with E-state index >= 15 is 0 Å². The molecular formula is C8H15N. The Balaban J connectivity index is 3.98. The average molecular weight is 125 g/mol. The molecule has 0 aromatic carbocycles. The smallest absolute Gasteiger partial charge is 0.00367 e. The lowest BCUT2D eigenvalue weighted by molar-refractivity contribution is 0.957. The molecule has 0 saturated heterocycles. The molecule has 9 heavy (non-hydrogen) atoms. The molecule has 0 aliphatic carbocycles. The quantitative estimate of drug-likeness (QED) is 0.572. The maximum Gasteiger partial charge on any atom is -0.00367 e. The molecule has 0 amide bonds. The van der Waals surface area contributed by atoms with Gasteiger partial charge in [-0.3, -0.25) is 0 Å². The molecule has 0 fully saturated rings. The van der Waals surface area contributed by atoms with Gasteiger partial charge in [0, 0.05) is 0 Å². The zero-order valence-corrected chi connectivity index (χ0v) is 6.28. The summed E-state index contributed by atoms with van der Waals surface area (Å²) in [7, 11) is 0. The van der Waals surface area contributed by atoms with Crippen LogP contribution in [0.25, 0.3) is 0 Å². The second-order valence-corrected chi connectivity index (χ2v) is 2.27. The van der Waals surface area contributed by atoms with Crippen LogP contribution in [-0.2, 0) is 0 Å². The Bertz CT molecular complexity index is 119. The molecule has 1 heteroatoms. The Kier molecular flexibility index (Phi) is 4.06. The zero-order chi connectivity index (χ0) is 7.28. The van der Waals surface area contributed by atoms with Crippen LogP contribution in [-0.4, -0.2) is 6.54 Å². The molecule has 2 N–H and O–H groups in total. The van der Waals surface area contributed by atoms with Crippen LogP contribution in [0.5, 0.6) is 0 Å². The van der Waals surface area contributed by atoms with Crippen molar-refractivity contribution in [3.8, 4) is 0 Å². The fourth-order valence-electron chi connectivity index (χ4n) is 0.712. The minimum Gasteiger partial charge on any atom is -0.330 e. The molecule has 0 spiro atoms. The monoisotopic (exact) mass is 125 g/mol. The lowest BCUT2D eigenvalue weighted by Crippen LogP contribution is -1.99. The summed E-state index contributed by atoms with van der Waals surface area (Å²) in [6, 6.07) is 0. The van der Waals surface area contributed by atoms with Crippen molar-refractivity contribution < 1.29 is 0 Å². The molecule has 0 aliphatic rings. The first-order valence-electron chi connectivity index (χ1n) is 3.21. The Morgan fingerprint density at radius 3 is 2.22 bits per heavy atom. The number of allylic oxidation sites excluding steroid dienone is 2. The lowest BCUT2D eigenvalue weighted by Gasteiger charge is -2.00. The number of nitrogens with two attached hydrogens (primary N) is 1. The van der Waals surface area contributed by atoms with Gasteiger partial charge < -0.3 is 5.73 Å². The van der Waals surface area contributed by atoms with E-state index in [1.807, 2.05) is 6.08 Å². The summed E-state index contributed by atoms with van der Waals surface area (Å²) in [5, 5.41) is 0. The van der Waals surface area contributed by atoms with Crippen molar-refractivity contribution in [2.45, 2.75) is 20.3 Å². The summed E-state index contributed by atoms with van der Waals surface area (Å²) >= 11 is 0. The number of hydrogen-bond donors (Lipinski definition) is 1. The predicted octanol–water partition coefficient (Wildman–Crippen LogP) is 1.86. The van der Waals surface area contributed by atoms with Crippen molar-refractivity contribution in [3.63, 3.8) is 0 Å². The molecule has 0 aliphatic heterocycles. The summed E-state index contributed by atoms with van der Waals surface area (Å²) in [5.74, 6) is 0. The van der Waals surface area contributed by atoms with Crippen LogP contribution in [0, 0.1) is 0 Å². The first kappa shape index (κ1) is 8.44. The van der Waals surface area contributed by atoms with E-state index in [9.17, 15) is 0 Å². The van der Waals surface area contributed by atoms with E-state index in [0.717, 1.165) is 6.42 Å². The van der Waals surface area contributed by atoms with Crippen LogP contribution >= 0.6 is 0 Å². The van der Waals surface area contributed by atoms with Gasteiger partial charge in [0.15, 0.2) is 0 Å². The van der Waals surface area contributed by atoms with Crippen molar-refractivity contribution in [3.05, 3.63) is 23.8 Å². The third-order valence-corrected chi connectivity index (χ3v) is 1.30. The molecule has 0 saturated carbocycles. The molecule has 0 rings (SSSR count). The highest BCUT2D eigenvalue weighted by Gasteiger charge is 1.90. The fourth-order valence-corrected chi connectivity index (χ4v) is 0.712. The average Bonchev–Trinajstić information content (AvgIpc) is 1.82. The molecule has 0 bridgehead atoms. The molecular weight excluding hydrogens is 110 g/mol. The van der Waals surface area contributed by atoms with Gasteiger partial charge >= 0.3 is 0 Å². The Hall–Kier alpha value is -0.560. The highest BCUT2D eigenvalue weighted by Crippen LogP contribution is 2.06. The SMILES string of the molecule is C=CC(CCN)=C(C)C. The van der Waals surface area contributed by atoms with Gasteiger partial charge in [-0.25, -0.2) is 0 Å². The Morgan fingerprint density at radius 2 is 2.11 bits per heavy atom. The van der Waals surface area contributed by atoms with Gasteiger partial charge in [0.25, 0.3) is 0 Å². The summed E-state index contributed by atoms with van der Waals surface area (Å²) in [6.45, 7) is 8.55. The summed E-state index contributed by atoms with van der Waals surface area (Å²) in [6.07, 6.45) is 2.83. The van der Waals surface area contributed by atoms with Gasteiger partial charge in [-0.05, 0) is 32.4 Å². The highest BCUT2D eigenvalue weighted by atomic mass is 14.5.